The van der Waals surface area contributed by atoms with E-state index in [1.165, 1.54) is 6.07 Å². The van der Waals surface area contributed by atoms with E-state index < -0.39 is 23.9 Å². The summed E-state index contributed by atoms with van der Waals surface area (Å²) in [5, 5.41) is 2.69. The summed E-state index contributed by atoms with van der Waals surface area (Å²) in [7, 11) is 0. The van der Waals surface area contributed by atoms with E-state index in [4.69, 9.17) is 0 Å². The summed E-state index contributed by atoms with van der Waals surface area (Å²) in [6, 6.07) is 7.54. The number of nitrogens with one attached hydrogen (secondary N) is 2. The van der Waals surface area contributed by atoms with Crippen molar-refractivity contribution in [1.29, 1.82) is 0 Å². The molecule has 2 aromatic carbocycles. The zero-order valence-electron chi connectivity index (χ0n) is 13.4. The van der Waals surface area contributed by atoms with Gasteiger partial charge in [0.25, 0.3) is 5.91 Å². The van der Waals surface area contributed by atoms with Crippen LogP contribution in [0.2, 0.25) is 0 Å². The number of carbonyl (C=O) groups excluding carboxylic acids is 1. The van der Waals surface area contributed by atoms with Gasteiger partial charge in [-0.05, 0) is 58.2 Å². The molecule has 0 aliphatic carbocycles. The minimum atomic E-state index is -4.74. The lowest BCUT2D eigenvalue weighted by molar-refractivity contribution is -0.155. The summed E-state index contributed by atoms with van der Waals surface area (Å²) in [6.45, 7) is 1.87. The highest BCUT2D eigenvalue weighted by Gasteiger charge is 2.42. The minimum absolute atomic E-state index is 0.0148. The number of H-pyrrole nitrogens is 1. The van der Waals surface area contributed by atoms with E-state index in [1.54, 1.807) is 12.1 Å². The van der Waals surface area contributed by atoms with Crippen molar-refractivity contribution < 1.29 is 22.4 Å². The Morgan fingerprint density at radius 2 is 1.88 bits per heavy atom. The number of alkyl halides is 3. The Bertz CT molecular complexity index is 981. The lowest BCUT2D eigenvalue weighted by Crippen LogP contribution is -2.38. The fraction of sp³-hybridized carbons (Fsp3) is 0.167. The van der Waals surface area contributed by atoms with Crippen molar-refractivity contribution in [3.8, 4) is 0 Å². The first-order chi connectivity index (χ1) is 12.1. The number of benzene rings is 2. The molecule has 1 unspecified atom stereocenters. The molecule has 0 aliphatic heterocycles. The maximum atomic E-state index is 13.4. The molecule has 0 radical (unpaired) electrons. The monoisotopic (exact) mass is 428 g/mol. The predicted octanol–water partition coefficient (Wildman–Crippen LogP) is 5.41. The average Bonchev–Trinajstić information content (AvgIpc) is 2.97. The Hall–Kier alpha value is -2.35. The van der Waals surface area contributed by atoms with E-state index in [9.17, 15) is 22.4 Å². The predicted molar refractivity (Wildman–Crippen MR) is 93.4 cm³/mol. The molecule has 136 valence electrons. The molecule has 3 aromatic rings. The molecule has 26 heavy (non-hydrogen) atoms. The van der Waals surface area contributed by atoms with Crippen LogP contribution >= 0.6 is 15.9 Å². The van der Waals surface area contributed by atoms with Gasteiger partial charge >= 0.3 is 6.18 Å². The van der Waals surface area contributed by atoms with Gasteiger partial charge < -0.3 is 10.3 Å². The summed E-state index contributed by atoms with van der Waals surface area (Å²) in [6.07, 6.45) is -4.74. The van der Waals surface area contributed by atoms with Gasteiger partial charge in [-0.25, -0.2) is 4.39 Å². The van der Waals surface area contributed by atoms with Gasteiger partial charge in [-0.15, -0.1) is 0 Å². The Morgan fingerprint density at radius 3 is 2.54 bits per heavy atom. The number of hydrogen-bond acceptors (Lipinski definition) is 1. The Kier molecular flexibility index (Phi) is 4.79. The van der Waals surface area contributed by atoms with Crippen molar-refractivity contribution in [3.05, 3.63) is 69.6 Å². The average molecular weight is 429 g/mol. The van der Waals surface area contributed by atoms with Crippen LogP contribution in [0.4, 0.5) is 17.6 Å². The number of carbonyl (C=O) groups is 1. The molecule has 3 rings (SSSR count). The van der Waals surface area contributed by atoms with Crippen LogP contribution in [0.3, 0.4) is 0 Å². The van der Waals surface area contributed by atoms with E-state index in [0.717, 1.165) is 23.8 Å². The van der Waals surface area contributed by atoms with Gasteiger partial charge in [-0.2, -0.15) is 13.2 Å². The fourth-order valence-electron chi connectivity index (χ4n) is 2.62. The van der Waals surface area contributed by atoms with E-state index in [0.29, 0.717) is 10.9 Å². The maximum absolute atomic E-state index is 13.4. The van der Waals surface area contributed by atoms with Crippen molar-refractivity contribution in [2.45, 2.75) is 19.1 Å². The molecular formula is C18H13BrF4N2O. The zero-order chi connectivity index (χ0) is 19.1. The molecule has 1 aromatic heterocycles. The highest BCUT2D eigenvalue weighted by Crippen LogP contribution is 2.34. The largest absolute Gasteiger partial charge is 0.412 e. The van der Waals surface area contributed by atoms with Gasteiger partial charge in [-0.3, -0.25) is 4.79 Å². The van der Waals surface area contributed by atoms with Crippen LogP contribution in [0.1, 0.15) is 27.7 Å². The minimum Gasteiger partial charge on any atom is -0.351 e. The van der Waals surface area contributed by atoms with Crippen LogP contribution in [0.25, 0.3) is 10.9 Å². The molecule has 8 heteroatoms. The summed E-state index contributed by atoms with van der Waals surface area (Å²) >= 11 is 2.86. The number of rotatable bonds is 3. The first kappa shape index (κ1) is 18.4. The van der Waals surface area contributed by atoms with Crippen LogP contribution in [-0.4, -0.2) is 17.1 Å². The van der Waals surface area contributed by atoms with Gasteiger partial charge in [0.2, 0.25) is 0 Å². The Balaban J connectivity index is 1.92. The van der Waals surface area contributed by atoms with Crippen LogP contribution in [0, 0.1) is 12.7 Å². The highest BCUT2D eigenvalue weighted by molar-refractivity contribution is 9.10. The second-order valence-electron chi connectivity index (χ2n) is 5.90. The fourth-order valence-corrected chi connectivity index (χ4v) is 3.01. The third-order valence-electron chi connectivity index (χ3n) is 3.90. The number of aryl methyl sites for hydroxylation is 1. The number of amides is 1. The summed E-state index contributed by atoms with van der Waals surface area (Å²) in [5.74, 6) is -1.59. The van der Waals surface area contributed by atoms with Crippen molar-refractivity contribution >= 4 is 32.7 Å². The van der Waals surface area contributed by atoms with Crippen molar-refractivity contribution in [2.24, 2.45) is 0 Å². The van der Waals surface area contributed by atoms with Crippen LogP contribution in [-0.2, 0) is 0 Å². The highest BCUT2D eigenvalue weighted by atomic mass is 79.9. The van der Waals surface area contributed by atoms with Crippen LogP contribution in [0.5, 0.6) is 0 Å². The standard InChI is InChI=1S/C18H13BrF4N2O/c1-9-2-3-10-8-15(24-14(10)6-9)17(26)25-16(18(21,22)23)11-4-5-13(20)12(19)7-11/h2-8,16,24H,1H3,(H,25,26). The van der Waals surface area contributed by atoms with E-state index in [2.05, 4.69) is 20.9 Å². The molecular weight excluding hydrogens is 416 g/mol. The number of aromatic nitrogens is 1. The molecule has 1 amide bonds. The van der Waals surface area contributed by atoms with Gasteiger partial charge in [0, 0.05) is 10.9 Å². The third kappa shape index (κ3) is 3.75. The van der Waals surface area contributed by atoms with Gasteiger partial charge in [0.1, 0.15) is 11.5 Å². The molecule has 0 saturated carbocycles. The number of fused-ring (bicyclic) bond motifs is 1. The molecule has 0 bridgehead atoms. The quantitative estimate of drug-likeness (QED) is 0.538. The van der Waals surface area contributed by atoms with Gasteiger partial charge in [-0.1, -0.05) is 18.2 Å². The number of aromatic amines is 1. The Labute approximate surface area is 154 Å². The lowest BCUT2D eigenvalue weighted by atomic mass is 10.1. The summed E-state index contributed by atoms with van der Waals surface area (Å²) in [5.41, 5.74) is 1.35. The molecule has 1 atom stereocenters. The third-order valence-corrected chi connectivity index (χ3v) is 4.51. The molecule has 2 N–H and O–H groups in total. The van der Waals surface area contributed by atoms with Crippen LogP contribution in [0.15, 0.2) is 46.9 Å². The topological polar surface area (TPSA) is 44.9 Å². The lowest BCUT2D eigenvalue weighted by Gasteiger charge is -2.22. The molecule has 3 nitrogen and oxygen atoms in total. The number of halogens is 5. The SMILES string of the molecule is Cc1ccc2cc(C(=O)NC(c3ccc(F)c(Br)c3)C(F)(F)F)[nH]c2c1. The van der Waals surface area contributed by atoms with Crippen molar-refractivity contribution in [2.75, 3.05) is 0 Å². The van der Waals surface area contributed by atoms with Crippen molar-refractivity contribution in [3.63, 3.8) is 0 Å². The summed E-state index contributed by atoms with van der Waals surface area (Å²) in [4.78, 5) is 15.2. The summed E-state index contributed by atoms with van der Waals surface area (Å²) < 4.78 is 53.5. The molecule has 0 spiro atoms. The first-order valence-corrected chi connectivity index (χ1v) is 8.36. The Morgan fingerprint density at radius 1 is 1.15 bits per heavy atom. The van der Waals surface area contributed by atoms with Gasteiger partial charge in [0.15, 0.2) is 6.04 Å². The van der Waals surface area contributed by atoms with Gasteiger partial charge in [0.05, 0.1) is 4.47 Å². The molecule has 0 fully saturated rings. The number of hydrogen-bond donors (Lipinski definition) is 2. The second-order valence-corrected chi connectivity index (χ2v) is 6.75. The molecule has 0 saturated heterocycles. The zero-order valence-corrected chi connectivity index (χ0v) is 15.0. The van der Waals surface area contributed by atoms with E-state index in [1.807, 2.05) is 18.3 Å². The normalized spacial score (nSPS) is 13.0. The van der Waals surface area contributed by atoms with Crippen LogP contribution < -0.4 is 5.32 Å². The molecule has 0 aliphatic rings. The van der Waals surface area contributed by atoms with Crippen molar-refractivity contribution in [1.82, 2.24) is 10.3 Å². The van der Waals surface area contributed by atoms with E-state index >= 15 is 0 Å². The molecule has 1 heterocycles. The second kappa shape index (κ2) is 6.75. The maximum Gasteiger partial charge on any atom is 0.412 e. The first-order valence-electron chi connectivity index (χ1n) is 7.57. The van der Waals surface area contributed by atoms with E-state index in [-0.39, 0.29) is 15.7 Å². The smallest absolute Gasteiger partial charge is 0.351 e.